The predicted molar refractivity (Wildman–Crippen MR) is 86.4 cm³/mol. The number of aryl methyl sites for hydroxylation is 1. The van der Waals surface area contributed by atoms with Gasteiger partial charge in [-0.15, -0.1) is 0 Å². The van der Waals surface area contributed by atoms with Crippen molar-refractivity contribution in [1.29, 1.82) is 0 Å². The Morgan fingerprint density at radius 1 is 1.35 bits per heavy atom. The first kappa shape index (κ1) is 17.6. The molecule has 0 saturated carbocycles. The van der Waals surface area contributed by atoms with Crippen molar-refractivity contribution in [3.63, 3.8) is 0 Å². The van der Waals surface area contributed by atoms with Crippen molar-refractivity contribution in [2.24, 2.45) is 7.05 Å². The first-order valence-corrected chi connectivity index (χ1v) is 8.83. The largest absolute Gasteiger partial charge is 0.336 e. The van der Waals surface area contributed by atoms with Crippen LogP contribution in [0.5, 0.6) is 0 Å². The quantitative estimate of drug-likeness (QED) is 0.836. The summed E-state index contributed by atoms with van der Waals surface area (Å²) < 4.78 is 44.3. The average Bonchev–Trinajstić information content (AvgIpc) is 2.92. The molecule has 0 spiro atoms. The monoisotopic (exact) mass is 340 g/mol. The highest BCUT2D eigenvalue weighted by Crippen LogP contribution is 2.22. The summed E-state index contributed by atoms with van der Waals surface area (Å²) in [7, 11) is -1.95. The van der Waals surface area contributed by atoms with Gasteiger partial charge >= 0.3 is 0 Å². The molecule has 0 radical (unpaired) electrons. The van der Waals surface area contributed by atoms with E-state index in [0.29, 0.717) is 24.5 Å². The zero-order chi connectivity index (χ0) is 17.0. The van der Waals surface area contributed by atoms with Crippen molar-refractivity contribution in [1.82, 2.24) is 18.6 Å². The van der Waals surface area contributed by atoms with E-state index in [4.69, 9.17) is 0 Å². The summed E-state index contributed by atoms with van der Waals surface area (Å²) >= 11 is 0. The Bertz CT molecular complexity index is 756. The third-order valence-electron chi connectivity index (χ3n) is 3.61. The minimum atomic E-state index is -3.72. The molecule has 0 aliphatic heterocycles. The second kappa shape index (κ2) is 7.20. The maximum absolute atomic E-state index is 13.6. The number of hydrogen-bond acceptors (Lipinski definition) is 3. The highest BCUT2D eigenvalue weighted by molar-refractivity contribution is 7.87. The first-order valence-electron chi connectivity index (χ1n) is 7.39. The van der Waals surface area contributed by atoms with Gasteiger partial charge in [-0.05, 0) is 17.7 Å². The lowest BCUT2D eigenvalue weighted by atomic mass is 10.1. The lowest BCUT2D eigenvalue weighted by Crippen LogP contribution is -2.43. The fourth-order valence-corrected chi connectivity index (χ4v) is 3.77. The van der Waals surface area contributed by atoms with Crippen LogP contribution in [0, 0.1) is 5.82 Å². The molecule has 1 aromatic heterocycles. The maximum Gasteiger partial charge on any atom is 0.280 e. The zero-order valence-corrected chi connectivity index (χ0v) is 14.2. The van der Waals surface area contributed by atoms with Crippen molar-refractivity contribution in [3.8, 4) is 0 Å². The van der Waals surface area contributed by atoms with Crippen molar-refractivity contribution in [2.45, 2.75) is 19.9 Å². The fraction of sp³-hybridized carbons (Fsp3) is 0.400. The van der Waals surface area contributed by atoms with Crippen LogP contribution in [-0.2, 0) is 17.3 Å². The summed E-state index contributed by atoms with van der Waals surface area (Å²) in [5.41, 5.74) is 0.495. The molecule has 8 heteroatoms. The number of rotatable bonds is 7. The van der Waals surface area contributed by atoms with Gasteiger partial charge in [-0.3, -0.25) is 0 Å². The molecular weight excluding hydrogens is 319 g/mol. The molecule has 1 N–H and O–H groups in total. The lowest BCUT2D eigenvalue weighted by Gasteiger charge is -2.24. The molecule has 0 bridgehead atoms. The van der Waals surface area contributed by atoms with Crippen LogP contribution in [0.3, 0.4) is 0 Å². The molecule has 0 amide bonds. The lowest BCUT2D eigenvalue weighted by molar-refractivity contribution is 0.428. The summed E-state index contributed by atoms with van der Waals surface area (Å²) in [6, 6.07) is 5.08. The molecule has 126 valence electrons. The van der Waals surface area contributed by atoms with Gasteiger partial charge in [-0.1, -0.05) is 26.0 Å². The number of nitrogens with zero attached hydrogens (tertiary/aromatic N) is 3. The standard InChI is InChI=1S/C15H21FN4O2S/c1-4-20(5-2)23(21,22)18-14(15-17-9-10-19(15)3)12-7-6-8-13(16)11-12/h6-11,14,18H,4-5H2,1-3H3/t14-/m0/s1. The Kier molecular flexibility index (Phi) is 5.51. The van der Waals surface area contributed by atoms with Crippen LogP contribution in [0.1, 0.15) is 31.3 Å². The van der Waals surface area contributed by atoms with Gasteiger partial charge in [0.1, 0.15) is 17.7 Å². The van der Waals surface area contributed by atoms with Crippen LogP contribution in [0.4, 0.5) is 4.39 Å². The molecule has 0 fully saturated rings. The van der Waals surface area contributed by atoms with Crippen molar-refractivity contribution < 1.29 is 12.8 Å². The van der Waals surface area contributed by atoms with Crippen LogP contribution < -0.4 is 4.72 Å². The summed E-state index contributed by atoms with van der Waals surface area (Å²) in [6.45, 7) is 4.23. The van der Waals surface area contributed by atoms with Gasteiger partial charge in [0.2, 0.25) is 0 Å². The molecule has 0 unspecified atom stereocenters. The molecular formula is C15H21FN4O2S. The molecule has 1 atom stereocenters. The minimum absolute atomic E-state index is 0.349. The molecule has 2 aromatic rings. The SMILES string of the molecule is CCN(CC)S(=O)(=O)N[C@@H](c1cccc(F)c1)c1nccn1C. The van der Waals surface area contributed by atoms with Crippen molar-refractivity contribution >= 4 is 10.2 Å². The zero-order valence-electron chi connectivity index (χ0n) is 13.4. The third kappa shape index (κ3) is 3.95. The van der Waals surface area contributed by atoms with Gasteiger partial charge in [0, 0.05) is 32.5 Å². The third-order valence-corrected chi connectivity index (χ3v) is 5.34. The van der Waals surface area contributed by atoms with Crippen LogP contribution in [0.15, 0.2) is 36.7 Å². The van der Waals surface area contributed by atoms with E-state index < -0.39 is 22.1 Å². The van der Waals surface area contributed by atoms with E-state index in [1.165, 1.54) is 16.4 Å². The molecule has 0 aliphatic rings. The first-order chi connectivity index (χ1) is 10.9. The van der Waals surface area contributed by atoms with Crippen LogP contribution in [-0.4, -0.2) is 35.4 Å². The van der Waals surface area contributed by atoms with E-state index in [1.54, 1.807) is 50.0 Å². The molecule has 1 aromatic carbocycles. The summed E-state index contributed by atoms with van der Waals surface area (Å²) in [4.78, 5) is 4.21. The van der Waals surface area contributed by atoms with Gasteiger partial charge in [-0.25, -0.2) is 9.37 Å². The Hall–Kier alpha value is -1.77. The van der Waals surface area contributed by atoms with E-state index >= 15 is 0 Å². The highest BCUT2D eigenvalue weighted by Gasteiger charge is 2.27. The van der Waals surface area contributed by atoms with Gasteiger partial charge in [0.05, 0.1) is 0 Å². The fourth-order valence-electron chi connectivity index (χ4n) is 2.40. The predicted octanol–water partition coefficient (Wildman–Crippen LogP) is 1.82. The number of halogens is 1. The van der Waals surface area contributed by atoms with E-state index in [-0.39, 0.29) is 0 Å². The number of benzene rings is 1. The Labute approximate surface area is 136 Å². The maximum atomic E-state index is 13.6. The minimum Gasteiger partial charge on any atom is -0.336 e. The summed E-state index contributed by atoms with van der Waals surface area (Å²) in [6.07, 6.45) is 3.29. The number of aromatic nitrogens is 2. The average molecular weight is 340 g/mol. The topological polar surface area (TPSA) is 67.2 Å². The van der Waals surface area contributed by atoms with E-state index in [1.807, 2.05) is 0 Å². The van der Waals surface area contributed by atoms with Crippen LogP contribution >= 0.6 is 0 Å². The van der Waals surface area contributed by atoms with E-state index in [2.05, 4.69) is 9.71 Å². The summed E-state index contributed by atoms with van der Waals surface area (Å²) in [5.74, 6) is 0.0649. The Morgan fingerprint density at radius 2 is 2.04 bits per heavy atom. The molecule has 2 rings (SSSR count). The van der Waals surface area contributed by atoms with Crippen LogP contribution in [0.25, 0.3) is 0 Å². The molecule has 6 nitrogen and oxygen atoms in total. The smallest absolute Gasteiger partial charge is 0.280 e. The van der Waals surface area contributed by atoms with Gasteiger partial charge in [0.25, 0.3) is 10.2 Å². The van der Waals surface area contributed by atoms with Gasteiger partial charge in [0.15, 0.2) is 0 Å². The molecule has 0 saturated heterocycles. The molecule has 23 heavy (non-hydrogen) atoms. The van der Waals surface area contributed by atoms with Crippen molar-refractivity contribution in [2.75, 3.05) is 13.1 Å². The van der Waals surface area contributed by atoms with E-state index in [9.17, 15) is 12.8 Å². The normalized spacial score (nSPS) is 13.4. The number of imidazole rings is 1. The second-order valence-corrected chi connectivity index (χ2v) is 6.79. The van der Waals surface area contributed by atoms with Gasteiger partial charge < -0.3 is 4.57 Å². The second-order valence-electron chi connectivity index (χ2n) is 5.09. The van der Waals surface area contributed by atoms with Gasteiger partial charge in [-0.2, -0.15) is 17.4 Å². The van der Waals surface area contributed by atoms with E-state index in [0.717, 1.165) is 0 Å². The van der Waals surface area contributed by atoms with Crippen molar-refractivity contribution in [3.05, 3.63) is 53.9 Å². The molecule has 0 aliphatic carbocycles. The summed E-state index contributed by atoms with van der Waals surface area (Å²) in [5, 5.41) is 0. The Balaban J connectivity index is 2.45. The Morgan fingerprint density at radius 3 is 2.57 bits per heavy atom. The number of hydrogen-bond donors (Lipinski definition) is 1. The molecule has 1 heterocycles. The number of nitrogens with one attached hydrogen (secondary N) is 1. The highest BCUT2D eigenvalue weighted by atomic mass is 32.2. The van der Waals surface area contributed by atoms with Crippen LogP contribution in [0.2, 0.25) is 0 Å².